The number of benzene rings is 1. The molecule has 4 aromatic rings. The monoisotopic (exact) mass is 530 g/mol. The maximum absolute atomic E-state index is 14.8. The van der Waals surface area contributed by atoms with E-state index in [4.69, 9.17) is 16.3 Å². The van der Waals surface area contributed by atoms with E-state index < -0.39 is 29.7 Å². The predicted octanol–water partition coefficient (Wildman–Crippen LogP) is 6.64. The van der Waals surface area contributed by atoms with Crippen molar-refractivity contribution >= 4 is 33.4 Å². The lowest BCUT2D eigenvalue weighted by Gasteiger charge is -2.26. The van der Waals surface area contributed by atoms with Crippen molar-refractivity contribution in [3.63, 3.8) is 0 Å². The summed E-state index contributed by atoms with van der Waals surface area (Å²) >= 11 is 6.22. The molecule has 0 fully saturated rings. The zero-order valence-electron chi connectivity index (χ0n) is 20.6. The van der Waals surface area contributed by atoms with Crippen molar-refractivity contribution in [1.29, 1.82) is 0 Å². The number of pyridine rings is 1. The van der Waals surface area contributed by atoms with Gasteiger partial charge in [-0.25, -0.2) is 23.1 Å². The maximum atomic E-state index is 14.8. The van der Waals surface area contributed by atoms with Gasteiger partial charge in [0.1, 0.15) is 22.9 Å². The van der Waals surface area contributed by atoms with E-state index in [1.165, 1.54) is 24.7 Å². The van der Waals surface area contributed by atoms with Gasteiger partial charge in [0.25, 0.3) is 6.43 Å². The normalized spacial score (nSPS) is 18.4. The van der Waals surface area contributed by atoms with E-state index in [0.717, 1.165) is 11.0 Å². The SMILES string of the molecule is Cc1cc2c(F)c(C(F)F)cc(CCC3=CC(n4ccc5c(Cl)ncnc54)CC3OC(C)(C)O)c2cn1. The highest BCUT2D eigenvalue weighted by molar-refractivity contribution is 6.33. The molecule has 37 heavy (non-hydrogen) atoms. The van der Waals surface area contributed by atoms with Crippen molar-refractivity contribution < 1.29 is 23.0 Å². The number of ether oxygens (including phenoxy) is 1. The molecule has 1 N–H and O–H groups in total. The fourth-order valence-electron chi connectivity index (χ4n) is 5.04. The summed E-state index contributed by atoms with van der Waals surface area (Å²) in [5, 5.41) is 12.1. The Morgan fingerprint density at radius 3 is 2.68 bits per heavy atom. The minimum atomic E-state index is -2.94. The van der Waals surface area contributed by atoms with Crippen LogP contribution in [0.3, 0.4) is 0 Å². The van der Waals surface area contributed by atoms with Gasteiger partial charge in [0, 0.05) is 35.3 Å². The van der Waals surface area contributed by atoms with Gasteiger partial charge in [0.15, 0.2) is 5.79 Å². The van der Waals surface area contributed by atoms with Gasteiger partial charge in [-0.15, -0.1) is 0 Å². The molecular weight excluding hydrogens is 505 g/mol. The highest BCUT2D eigenvalue weighted by Gasteiger charge is 2.33. The van der Waals surface area contributed by atoms with Crippen LogP contribution in [-0.2, 0) is 11.2 Å². The zero-order valence-corrected chi connectivity index (χ0v) is 21.3. The van der Waals surface area contributed by atoms with E-state index >= 15 is 0 Å². The number of nitrogens with zero attached hydrogens (tertiary/aromatic N) is 4. The fourth-order valence-corrected chi connectivity index (χ4v) is 5.23. The molecule has 0 saturated heterocycles. The summed E-state index contributed by atoms with van der Waals surface area (Å²) in [5.74, 6) is -2.29. The molecule has 0 radical (unpaired) electrons. The minimum Gasteiger partial charge on any atom is -0.366 e. The minimum absolute atomic E-state index is 0.128. The summed E-state index contributed by atoms with van der Waals surface area (Å²) in [6.45, 7) is 4.82. The lowest BCUT2D eigenvalue weighted by molar-refractivity contribution is -0.197. The fraction of sp³-hybridized carbons (Fsp3) is 0.370. The molecule has 0 spiro atoms. The Morgan fingerprint density at radius 1 is 1.16 bits per heavy atom. The van der Waals surface area contributed by atoms with Crippen molar-refractivity contribution in [2.24, 2.45) is 0 Å². The first-order valence-corrected chi connectivity index (χ1v) is 12.3. The van der Waals surface area contributed by atoms with Crippen LogP contribution in [0.25, 0.3) is 21.8 Å². The first kappa shape index (κ1) is 25.6. The summed E-state index contributed by atoms with van der Waals surface area (Å²) in [6.07, 6.45) is 4.88. The molecule has 1 aliphatic carbocycles. The van der Waals surface area contributed by atoms with E-state index in [2.05, 4.69) is 15.0 Å². The third-order valence-corrected chi connectivity index (χ3v) is 6.95. The molecule has 2 unspecified atom stereocenters. The van der Waals surface area contributed by atoms with Gasteiger partial charge >= 0.3 is 0 Å². The van der Waals surface area contributed by atoms with Gasteiger partial charge < -0.3 is 14.4 Å². The molecule has 194 valence electrons. The number of hydrogen-bond acceptors (Lipinski definition) is 5. The number of aryl methyl sites for hydroxylation is 2. The molecule has 3 heterocycles. The van der Waals surface area contributed by atoms with E-state index in [1.807, 2.05) is 22.9 Å². The number of aromatic nitrogens is 4. The Bertz CT molecular complexity index is 1510. The molecule has 0 amide bonds. The molecule has 3 aromatic heterocycles. The van der Waals surface area contributed by atoms with Crippen LogP contribution in [0.4, 0.5) is 13.2 Å². The summed E-state index contributed by atoms with van der Waals surface area (Å²) < 4.78 is 50.1. The quantitative estimate of drug-likeness (QED) is 0.165. The number of hydrogen-bond donors (Lipinski definition) is 1. The van der Waals surface area contributed by atoms with E-state index in [1.54, 1.807) is 20.8 Å². The zero-order chi connectivity index (χ0) is 26.5. The van der Waals surface area contributed by atoms with Crippen LogP contribution in [0.1, 0.15) is 56.0 Å². The number of alkyl halides is 2. The number of aliphatic hydroxyl groups is 1. The number of allylic oxidation sites excluding steroid dienone is 1. The predicted molar refractivity (Wildman–Crippen MR) is 135 cm³/mol. The van der Waals surface area contributed by atoms with Crippen LogP contribution >= 0.6 is 11.6 Å². The highest BCUT2D eigenvalue weighted by atomic mass is 35.5. The topological polar surface area (TPSA) is 73.1 Å². The van der Waals surface area contributed by atoms with Crippen LogP contribution in [0, 0.1) is 12.7 Å². The van der Waals surface area contributed by atoms with Crippen LogP contribution in [0.2, 0.25) is 5.15 Å². The van der Waals surface area contributed by atoms with E-state index in [9.17, 15) is 18.3 Å². The Morgan fingerprint density at radius 2 is 1.95 bits per heavy atom. The van der Waals surface area contributed by atoms with Crippen LogP contribution in [-0.4, -0.2) is 36.5 Å². The molecule has 0 saturated carbocycles. The van der Waals surface area contributed by atoms with Gasteiger partial charge in [0.05, 0.1) is 23.1 Å². The Labute approximate surface area is 216 Å². The van der Waals surface area contributed by atoms with Crippen molar-refractivity contribution in [2.45, 2.75) is 64.4 Å². The molecule has 2 atom stereocenters. The van der Waals surface area contributed by atoms with Crippen molar-refractivity contribution in [3.8, 4) is 0 Å². The Balaban J connectivity index is 1.50. The van der Waals surface area contributed by atoms with Gasteiger partial charge in [0.2, 0.25) is 0 Å². The van der Waals surface area contributed by atoms with Gasteiger partial charge in [-0.3, -0.25) is 4.98 Å². The third-order valence-electron chi connectivity index (χ3n) is 6.65. The lowest BCUT2D eigenvalue weighted by Crippen LogP contribution is -2.30. The van der Waals surface area contributed by atoms with E-state index in [-0.39, 0.29) is 11.4 Å². The average molecular weight is 531 g/mol. The van der Waals surface area contributed by atoms with Crippen LogP contribution in [0.15, 0.2) is 48.6 Å². The van der Waals surface area contributed by atoms with Crippen LogP contribution < -0.4 is 0 Å². The molecule has 6 nitrogen and oxygen atoms in total. The molecular formula is C27H26ClF3N4O2. The Hall–Kier alpha value is -3.01. The van der Waals surface area contributed by atoms with Crippen molar-refractivity contribution in [2.75, 3.05) is 0 Å². The van der Waals surface area contributed by atoms with Gasteiger partial charge in [-0.1, -0.05) is 17.7 Å². The molecule has 1 aromatic carbocycles. The van der Waals surface area contributed by atoms with E-state index in [0.29, 0.717) is 46.7 Å². The number of fused-ring (bicyclic) bond motifs is 2. The average Bonchev–Trinajstić information content (AvgIpc) is 3.42. The largest absolute Gasteiger partial charge is 0.366 e. The standard InChI is InChI=1S/C27H26ClF3N4O2/c1-14-8-19-21(12-32-14)15(10-20(23(19)29)25(30)31)4-5-16-9-17(11-22(16)37-27(2,3)36)35-7-6-18-24(28)33-13-34-26(18)35/h6-10,12-13,17,22,25,36H,4-5,11H2,1-3H3. The summed E-state index contributed by atoms with van der Waals surface area (Å²) in [4.78, 5) is 12.7. The second kappa shape index (κ2) is 9.70. The van der Waals surface area contributed by atoms with Gasteiger partial charge in [-0.2, -0.15) is 0 Å². The highest BCUT2D eigenvalue weighted by Crippen LogP contribution is 2.38. The van der Waals surface area contributed by atoms with Gasteiger partial charge in [-0.05, 0) is 62.9 Å². The first-order valence-electron chi connectivity index (χ1n) is 12.0. The summed E-state index contributed by atoms with van der Waals surface area (Å²) in [7, 11) is 0. The van der Waals surface area contributed by atoms with Crippen molar-refractivity contribution in [1.82, 2.24) is 19.5 Å². The second-order valence-corrected chi connectivity index (χ2v) is 10.2. The number of rotatable bonds is 7. The van der Waals surface area contributed by atoms with Crippen molar-refractivity contribution in [3.05, 3.63) is 76.4 Å². The molecule has 0 aliphatic heterocycles. The maximum Gasteiger partial charge on any atom is 0.266 e. The second-order valence-electron chi connectivity index (χ2n) is 9.83. The summed E-state index contributed by atoms with van der Waals surface area (Å²) in [6, 6.07) is 4.45. The molecule has 0 bridgehead atoms. The first-order chi connectivity index (χ1) is 17.5. The Kier molecular flexibility index (Phi) is 6.72. The number of halogens is 4. The van der Waals surface area contributed by atoms with Crippen LogP contribution in [0.5, 0.6) is 0 Å². The smallest absolute Gasteiger partial charge is 0.266 e. The molecule has 1 aliphatic rings. The molecule has 10 heteroatoms. The summed E-state index contributed by atoms with van der Waals surface area (Å²) in [5.41, 5.74) is 2.09. The molecule has 5 rings (SSSR count). The third kappa shape index (κ3) is 5.08. The lowest BCUT2D eigenvalue weighted by atomic mass is 9.95.